The lowest BCUT2D eigenvalue weighted by molar-refractivity contribution is 0.619. The normalized spacial score (nSPS) is 13.0. The molecule has 0 amide bonds. The summed E-state index contributed by atoms with van der Waals surface area (Å²) in [5, 5.41) is 4.25. The van der Waals surface area contributed by atoms with E-state index < -0.39 is 0 Å². The van der Waals surface area contributed by atoms with Crippen LogP contribution in [0.4, 0.5) is 34.1 Å². The minimum absolute atomic E-state index is 0.198. The maximum atomic E-state index is 7.08. The zero-order valence-corrected chi connectivity index (χ0v) is 35.1. The Balaban J connectivity index is 1.10. The SMILES string of the molecule is CC1(C)c2ccccc2-c2c(N(c3ccccc3)c3cc(N(c4ccccc4)c4ccc5oc6ccccc6c5c4)cc4nc(-c5ccc6c(c5)oc5ccccc56)oc34)cccc21. The van der Waals surface area contributed by atoms with Crippen molar-refractivity contribution in [2.24, 2.45) is 0 Å². The van der Waals surface area contributed by atoms with Crippen molar-refractivity contribution in [2.75, 3.05) is 9.80 Å². The average molecular weight is 826 g/mol. The van der Waals surface area contributed by atoms with Crippen molar-refractivity contribution in [3.05, 3.63) is 211 Å². The second-order valence-corrected chi connectivity index (χ2v) is 17.1. The van der Waals surface area contributed by atoms with Crippen LogP contribution in [0.5, 0.6) is 0 Å². The van der Waals surface area contributed by atoms with Crippen LogP contribution in [0.15, 0.2) is 213 Å². The van der Waals surface area contributed by atoms with E-state index in [-0.39, 0.29) is 5.41 Å². The summed E-state index contributed by atoms with van der Waals surface area (Å²) in [6.07, 6.45) is 0. The third kappa shape index (κ3) is 5.49. The predicted molar refractivity (Wildman–Crippen MR) is 261 cm³/mol. The molecule has 304 valence electrons. The molecule has 0 saturated carbocycles. The van der Waals surface area contributed by atoms with Gasteiger partial charge in [-0.25, -0.2) is 4.98 Å². The van der Waals surface area contributed by atoms with Gasteiger partial charge in [-0.15, -0.1) is 0 Å². The lowest BCUT2D eigenvalue weighted by Crippen LogP contribution is -2.16. The smallest absolute Gasteiger partial charge is 0.227 e. The highest BCUT2D eigenvalue weighted by molar-refractivity contribution is 6.08. The molecule has 0 unspecified atom stereocenters. The summed E-state index contributed by atoms with van der Waals surface area (Å²) in [5.41, 5.74) is 16.2. The zero-order chi connectivity index (χ0) is 42.5. The monoisotopic (exact) mass is 825 g/mol. The highest BCUT2D eigenvalue weighted by atomic mass is 16.4. The number of anilines is 6. The lowest BCUT2D eigenvalue weighted by Gasteiger charge is -2.31. The van der Waals surface area contributed by atoms with Crippen LogP contribution >= 0.6 is 0 Å². The molecule has 0 bridgehead atoms. The molecular formula is C58H39N3O3. The molecule has 6 nitrogen and oxygen atoms in total. The van der Waals surface area contributed by atoms with Gasteiger partial charge in [0.1, 0.15) is 27.8 Å². The Hall–Kier alpha value is -8.35. The number of nitrogens with zero attached hydrogens (tertiary/aromatic N) is 3. The maximum absolute atomic E-state index is 7.08. The van der Waals surface area contributed by atoms with Crippen molar-refractivity contribution in [1.82, 2.24) is 4.98 Å². The zero-order valence-electron chi connectivity index (χ0n) is 35.1. The molecule has 64 heavy (non-hydrogen) atoms. The van der Waals surface area contributed by atoms with Crippen molar-refractivity contribution < 1.29 is 13.3 Å². The third-order valence-corrected chi connectivity index (χ3v) is 13.1. The molecule has 0 aliphatic heterocycles. The van der Waals surface area contributed by atoms with E-state index in [1.54, 1.807) is 0 Å². The summed E-state index contributed by atoms with van der Waals surface area (Å²) < 4.78 is 19.8. The fourth-order valence-electron chi connectivity index (χ4n) is 10.1. The summed E-state index contributed by atoms with van der Waals surface area (Å²) in [6, 6.07) is 70.1. The van der Waals surface area contributed by atoms with Gasteiger partial charge in [0.25, 0.3) is 0 Å². The van der Waals surface area contributed by atoms with Gasteiger partial charge in [-0.1, -0.05) is 123 Å². The Bertz CT molecular complexity index is 3790. The fourth-order valence-corrected chi connectivity index (χ4v) is 10.1. The Morgan fingerprint density at radius 1 is 0.406 bits per heavy atom. The van der Waals surface area contributed by atoms with Crippen LogP contribution < -0.4 is 9.80 Å². The Morgan fingerprint density at radius 3 is 1.81 bits per heavy atom. The standard InChI is InChI=1S/C58H39N3O3/c1-58(2)46-23-12-9-22-44(46)55-47(58)24-15-25-49(55)61(38-18-7-4-8-19-38)50-35-40(34-48-56(50)64-57(59-48)36-28-30-43-41-20-10-13-26-51(41)63-54(43)32-36)60(37-16-5-3-6-17-37)39-29-31-53-45(33-39)42-21-11-14-27-52(42)62-53/h3-35H,1-2H3. The molecule has 9 aromatic carbocycles. The Morgan fingerprint density at radius 2 is 1.03 bits per heavy atom. The first-order valence-corrected chi connectivity index (χ1v) is 21.7. The minimum atomic E-state index is -0.198. The quantitative estimate of drug-likeness (QED) is 0.160. The van der Waals surface area contributed by atoms with Gasteiger partial charge >= 0.3 is 0 Å². The van der Waals surface area contributed by atoms with Gasteiger partial charge in [-0.2, -0.15) is 0 Å². The second kappa shape index (κ2) is 13.8. The van der Waals surface area contributed by atoms with Crippen molar-refractivity contribution in [3.63, 3.8) is 0 Å². The number of para-hydroxylation sites is 4. The predicted octanol–water partition coefficient (Wildman–Crippen LogP) is 16.5. The number of fused-ring (bicyclic) bond motifs is 10. The topological polar surface area (TPSA) is 58.8 Å². The number of rotatable bonds is 7. The van der Waals surface area contributed by atoms with Gasteiger partial charge in [0, 0.05) is 55.1 Å². The summed E-state index contributed by atoms with van der Waals surface area (Å²) in [6.45, 7) is 4.65. The van der Waals surface area contributed by atoms with Gasteiger partial charge < -0.3 is 23.1 Å². The Labute approximate surface area is 368 Å². The highest BCUT2D eigenvalue weighted by Crippen LogP contribution is 2.55. The first kappa shape index (κ1) is 36.3. The van der Waals surface area contributed by atoms with Crippen molar-refractivity contribution in [1.29, 1.82) is 0 Å². The number of hydrogen-bond acceptors (Lipinski definition) is 6. The van der Waals surface area contributed by atoms with Crippen molar-refractivity contribution in [3.8, 4) is 22.6 Å². The second-order valence-electron chi connectivity index (χ2n) is 17.1. The molecule has 12 aromatic rings. The van der Waals surface area contributed by atoms with E-state index in [1.807, 2.05) is 36.4 Å². The van der Waals surface area contributed by atoms with Crippen LogP contribution in [0.3, 0.4) is 0 Å². The van der Waals surface area contributed by atoms with E-state index in [0.29, 0.717) is 11.5 Å². The maximum Gasteiger partial charge on any atom is 0.227 e. The third-order valence-electron chi connectivity index (χ3n) is 13.1. The van der Waals surface area contributed by atoms with Gasteiger partial charge in [0.2, 0.25) is 5.89 Å². The number of aromatic nitrogens is 1. The lowest BCUT2D eigenvalue weighted by atomic mass is 9.82. The molecule has 1 aliphatic rings. The van der Waals surface area contributed by atoms with E-state index in [1.165, 1.54) is 22.3 Å². The molecule has 0 saturated heterocycles. The molecule has 0 fully saturated rings. The van der Waals surface area contributed by atoms with Gasteiger partial charge in [0.15, 0.2) is 5.58 Å². The first-order valence-electron chi connectivity index (χ1n) is 21.7. The molecule has 0 N–H and O–H groups in total. The van der Waals surface area contributed by atoms with E-state index in [9.17, 15) is 0 Å². The van der Waals surface area contributed by atoms with Gasteiger partial charge in [-0.3, -0.25) is 0 Å². The Kier molecular flexibility index (Phi) is 7.85. The van der Waals surface area contributed by atoms with Gasteiger partial charge in [-0.05, 0) is 108 Å². The molecular weight excluding hydrogens is 787 g/mol. The van der Waals surface area contributed by atoms with E-state index in [4.69, 9.17) is 18.2 Å². The van der Waals surface area contributed by atoms with Crippen molar-refractivity contribution in [2.45, 2.75) is 19.3 Å². The molecule has 0 spiro atoms. The molecule has 3 aromatic heterocycles. The molecule has 1 aliphatic carbocycles. The molecule has 0 atom stereocenters. The van der Waals surface area contributed by atoms with Gasteiger partial charge in [0.05, 0.1) is 17.1 Å². The highest BCUT2D eigenvalue weighted by Gasteiger charge is 2.38. The largest absolute Gasteiger partial charge is 0.456 e. The van der Waals surface area contributed by atoms with E-state index >= 15 is 0 Å². The van der Waals surface area contributed by atoms with Crippen LogP contribution in [0.25, 0.3) is 77.6 Å². The number of benzene rings is 9. The number of furan rings is 2. The van der Waals surface area contributed by atoms with E-state index in [0.717, 1.165) is 89.1 Å². The van der Waals surface area contributed by atoms with Crippen LogP contribution in [0.1, 0.15) is 25.0 Å². The van der Waals surface area contributed by atoms with Crippen LogP contribution in [-0.4, -0.2) is 4.98 Å². The van der Waals surface area contributed by atoms with E-state index in [2.05, 4.69) is 187 Å². The fraction of sp³-hybridized carbons (Fsp3) is 0.0517. The summed E-state index contributed by atoms with van der Waals surface area (Å²) >= 11 is 0. The van der Waals surface area contributed by atoms with Crippen LogP contribution in [0.2, 0.25) is 0 Å². The molecule has 0 radical (unpaired) electrons. The minimum Gasteiger partial charge on any atom is -0.456 e. The van der Waals surface area contributed by atoms with Crippen LogP contribution in [0, 0.1) is 0 Å². The number of oxazole rings is 1. The molecule has 6 heteroatoms. The van der Waals surface area contributed by atoms with Crippen molar-refractivity contribution >= 4 is 89.1 Å². The first-order chi connectivity index (χ1) is 31.5. The summed E-state index contributed by atoms with van der Waals surface area (Å²) in [7, 11) is 0. The summed E-state index contributed by atoms with van der Waals surface area (Å²) in [5.74, 6) is 0.506. The number of hydrogen-bond donors (Lipinski definition) is 0. The van der Waals surface area contributed by atoms with Crippen LogP contribution in [-0.2, 0) is 5.41 Å². The molecule has 3 heterocycles. The summed E-state index contributed by atoms with van der Waals surface area (Å²) in [4.78, 5) is 10.0. The average Bonchev–Trinajstić information content (AvgIpc) is 4.10. The molecule has 13 rings (SSSR count).